The third kappa shape index (κ3) is 3.07. The van der Waals surface area contributed by atoms with Gasteiger partial charge in [-0.15, -0.1) is 0 Å². The van der Waals surface area contributed by atoms with Crippen LogP contribution in [0.5, 0.6) is 0 Å². The molecule has 0 aliphatic carbocycles. The summed E-state index contributed by atoms with van der Waals surface area (Å²) in [5.41, 5.74) is 0.798. The first-order valence-corrected chi connectivity index (χ1v) is 8.41. The Morgan fingerprint density at radius 2 is 2.24 bits per heavy atom. The first kappa shape index (κ1) is 14.4. The highest BCUT2D eigenvalue weighted by Crippen LogP contribution is 2.33. The maximum Gasteiger partial charge on any atom is 0.226 e. The van der Waals surface area contributed by atoms with Gasteiger partial charge in [0.15, 0.2) is 5.65 Å². The molecule has 1 fully saturated rings. The fourth-order valence-electron chi connectivity index (χ4n) is 2.53. The molecule has 0 bridgehead atoms. The molecule has 2 aromatic rings. The van der Waals surface area contributed by atoms with Crippen LogP contribution in [0, 0.1) is 0 Å². The van der Waals surface area contributed by atoms with Crippen molar-refractivity contribution in [2.24, 2.45) is 0 Å². The van der Waals surface area contributed by atoms with E-state index in [-0.39, 0.29) is 0 Å². The predicted molar refractivity (Wildman–Crippen MR) is 89.2 cm³/mol. The van der Waals surface area contributed by atoms with Gasteiger partial charge >= 0.3 is 0 Å². The molecule has 1 aliphatic heterocycles. The molecule has 3 rings (SSSR count). The third-order valence-corrected chi connectivity index (χ3v) is 5.13. The van der Waals surface area contributed by atoms with E-state index in [2.05, 4.69) is 39.2 Å². The summed E-state index contributed by atoms with van der Waals surface area (Å²) in [4.78, 5) is 11.5. The van der Waals surface area contributed by atoms with Gasteiger partial charge in [-0.05, 0) is 13.3 Å². The number of nitrogens with zero attached hydrogens (tertiary/aromatic N) is 4. The van der Waals surface area contributed by atoms with Crippen LogP contribution in [-0.4, -0.2) is 50.3 Å². The zero-order valence-corrected chi connectivity index (χ0v) is 13.6. The van der Waals surface area contributed by atoms with Crippen LogP contribution in [0.15, 0.2) is 6.20 Å². The molecule has 0 aromatic carbocycles. The second kappa shape index (κ2) is 5.71. The van der Waals surface area contributed by atoms with E-state index >= 15 is 0 Å². The van der Waals surface area contributed by atoms with Gasteiger partial charge in [0, 0.05) is 30.1 Å². The molecule has 0 radical (unpaired) electrons. The van der Waals surface area contributed by atoms with Crippen molar-refractivity contribution >= 4 is 34.6 Å². The van der Waals surface area contributed by atoms with Gasteiger partial charge < -0.3 is 10.2 Å². The maximum absolute atomic E-state index is 4.71. The monoisotopic (exact) mass is 306 g/mol. The zero-order valence-electron chi connectivity index (χ0n) is 12.8. The van der Waals surface area contributed by atoms with Crippen molar-refractivity contribution in [2.45, 2.75) is 31.9 Å². The number of H-pyrrole nitrogens is 1. The molecule has 2 aromatic heterocycles. The number of fused-ring (bicyclic) bond motifs is 1. The molecule has 7 heteroatoms. The van der Waals surface area contributed by atoms with Crippen LogP contribution in [-0.2, 0) is 0 Å². The highest BCUT2D eigenvalue weighted by atomic mass is 32.2. The Morgan fingerprint density at radius 1 is 1.38 bits per heavy atom. The molecule has 3 heterocycles. The Balaban J connectivity index is 1.96. The summed E-state index contributed by atoms with van der Waals surface area (Å²) < 4.78 is 0.335. The lowest BCUT2D eigenvalue weighted by Crippen LogP contribution is -2.28. The lowest BCUT2D eigenvalue weighted by molar-refractivity contribution is 0.636. The molecule has 0 atom stereocenters. The van der Waals surface area contributed by atoms with E-state index in [1.807, 2.05) is 24.9 Å². The summed E-state index contributed by atoms with van der Waals surface area (Å²) in [6, 6.07) is 0. The second-order valence-electron chi connectivity index (χ2n) is 5.88. The normalized spacial score (nSPS) is 18.7. The maximum atomic E-state index is 4.71. The molecule has 21 heavy (non-hydrogen) atoms. The van der Waals surface area contributed by atoms with Crippen LogP contribution >= 0.6 is 11.8 Å². The van der Waals surface area contributed by atoms with Gasteiger partial charge in [-0.3, -0.25) is 5.10 Å². The van der Waals surface area contributed by atoms with E-state index in [1.54, 1.807) is 0 Å². The molecule has 0 unspecified atom stereocenters. The van der Waals surface area contributed by atoms with Gasteiger partial charge in [0.25, 0.3) is 0 Å². The van der Waals surface area contributed by atoms with Crippen molar-refractivity contribution in [3.63, 3.8) is 0 Å². The Hall–Kier alpha value is -1.50. The Bertz CT molecular complexity index is 623. The van der Waals surface area contributed by atoms with Crippen LogP contribution in [0.4, 0.5) is 11.8 Å². The van der Waals surface area contributed by atoms with E-state index in [1.165, 1.54) is 0 Å². The van der Waals surface area contributed by atoms with Gasteiger partial charge in [0.05, 0.1) is 11.6 Å². The molecule has 2 N–H and O–H groups in total. The van der Waals surface area contributed by atoms with Crippen LogP contribution in [0.1, 0.15) is 27.2 Å². The minimum atomic E-state index is 0.335. The van der Waals surface area contributed by atoms with E-state index in [0.29, 0.717) is 10.7 Å². The van der Waals surface area contributed by atoms with Gasteiger partial charge in [-0.2, -0.15) is 26.8 Å². The Kier molecular flexibility index (Phi) is 3.93. The minimum absolute atomic E-state index is 0.335. The fourth-order valence-corrected chi connectivity index (χ4v) is 3.63. The second-order valence-corrected chi connectivity index (χ2v) is 7.68. The highest BCUT2D eigenvalue weighted by Gasteiger charge is 2.25. The molecule has 0 spiro atoms. The van der Waals surface area contributed by atoms with Gasteiger partial charge in [0.1, 0.15) is 5.82 Å². The van der Waals surface area contributed by atoms with Crippen molar-refractivity contribution < 1.29 is 0 Å². The van der Waals surface area contributed by atoms with Crippen molar-refractivity contribution in [3.8, 4) is 0 Å². The first-order chi connectivity index (χ1) is 10.1. The van der Waals surface area contributed by atoms with Crippen molar-refractivity contribution in [2.75, 3.05) is 35.6 Å². The summed E-state index contributed by atoms with van der Waals surface area (Å²) in [6.07, 6.45) is 2.97. The number of nitrogens with one attached hydrogen (secondary N) is 2. The first-order valence-electron chi connectivity index (χ1n) is 7.43. The summed E-state index contributed by atoms with van der Waals surface area (Å²) in [6.45, 7) is 9.52. The van der Waals surface area contributed by atoms with Crippen LogP contribution in [0.3, 0.4) is 0 Å². The topological polar surface area (TPSA) is 69.7 Å². The zero-order chi connectivity index (χ0) is 14.9. The van der Waals surface area contributed by atoms with Gasteiger partial charge in [0.2, 0.25) is 5.95 Å². The van der Waals surface area contributed by atoms with Crippen LogP contribution in [0.2, 0.25) is 0 Å². The number of hydrogen-bond acceptors (Lipinski definition) is 6. The number of thioether (sulfide) groups is 1. The summed E-state index contributed by atoms with van der Waals surface area (Å²) in [7, 11) is 0. The highest BCUT2D eigenvalue weighted by molar-refractivity contribution is 8.00. The standard InChI is InChI=1S/C14H22N6S/c1-4-15-13-17-11-10(9-16-19-11)12(18-13)20-6-5-14(2,3)21-8-7-20/h9H,4-8H2,1-3H3,(H2,15,16,17,18,19). The summed E-state index contributed by atoms with van der Waals surface area (Å²) in [5.74, 6) is 2.77. The average molecular weight is 306 g/mol. The number of anilines is 2. The average Bonchev–Trinajstić information content (AvgIpc) is 2.83. The quantitative estimate of drug-likeness (QED) is 0.908. The molecular formula is C14H22N6S. The van der Waals surface area contributed by atoms with Gasteiger partial charge in [-0.25, -0.2) is 0 Å². The smallest absolute Gasteiger partial charge is 0.226 e. The lowest BCUT2D eigenvalue weighted by Gasteiger charge is -2.24. The van der Waals surface area contributed by atoms with Crippen molar-refractivity contribution in [3.05, 3.63) is 6.20 Å². The Labute approximate surface area is 129 Å². The van der Waals surface area contributed by atoms with Gasteiger partial charge in [-0.1, -0.05) is 13.8 Å². The summed E-state index contributed by atoms with van der Waals surface area (Å²) in [5, 5.41) is 11.3. The molecule has 0 saturated carbocycles. The van der Waals surface area contributed by atoms with Crippen molar-refractivity contribution in [1.82, 2.24) is 20.2 Å². The van der Waals surface area contributed by atoms with Crippen LogP contribution < -0.4 is 10.2 Å². The summed E-state index contributed by atoms with van der Waals surface area (Å²) >= 11 is 2.04. The van der Waals surface area contributed by atoms with E-state index in [9.17, 15) is 0 Å². The molecule has 1 aliphatic rings. The number of aromatic nitrogens is 4. The van der Waals surface area contributed by atoms with Crippen molar-refractivity contribution in [1.29, 1.82) is 0 Å². The third-order valence-electron chi connectivity index (χ3n) is 3.76. The number of hydrogen-bond donors (Lipinski definition) is 2. The molecular weight excluding hydrogens is 284 g/mol. The molecule has 114 valence electrons. The molecule has 6 nitrogen and oxygen atoms in total. The lowest BCUT2D eigenvalue weighted by atomic mass is 10.1. The van der Waals surface area contributed by atoms with E-state index in [0.717, 1.165) is 48.7 Å². The van der Waals surface area contributed by atoms with E-state index in [4.69, 9.17) is 4.98 Å². The predicted octanol–water partition coefficient (Wildman–Crippen LogP) is 2.51. The number of rotatable bonds is 3. The minimum Gasteiger partial charge on any atom is -0.355 e. The van der Waals surface area contributed by atoms with Crippen LogP contribution in [0.25, 0.3) is 11.0 Å². The SMILES string of the molecule is CCNc1nc(N2CCSC(C)(C)CC2)c2cn[nH]c2n1. The molecule has 1 saturated heterocycles. The number of aromatic amines is 1. The van der Waals surface area contributed by atoms with E-state index < -0.39 is 0 Å². The fraction of sp³-hybridized carbons (Fsp3) is 0.643. The Morgan fingerprint density at radius 3 is 3.05 bits per heavy atom. The largest absolute Gasteiger partial charge is 0.355 e. The molecule has 0 amide bonds.